The maximum Gasteiger partial charge on any atom is 0.232 e. The average Bonchev–Trinajstić information content (AvgIpc) is 2.94. The lowest BCUT2D eigenvalue weighted by molar-refractivity contribution is 0.740. The summed E-state index contributed by atoms with van der Waals surface area (Å²) in [5.41, 5.74) is 3.11. The Labute approximate surface area is 156 Å². The van der Waals surface area contributed by atoms with Crippen LogP contribution in [0, 0.1) is 0 Å². The van der Waals surface area contributed by atoms with Gasteiger partial charge in [-0.2, -0.15) is 4.98 Å². The third-order valence-electron chi connectivity index (χ3n) is 4.28. The molecule has 6 heteroatoms. The summed E-state index contributed by atoms with van der Waals surface area (Å²) >= 11 is 12.5. The highest BCUT2D eigenvalue weighted by molar-refractivity contribution is 6.39. The maximum atomic E-state index is 6.24. The molecule has 25 heavy (non-hydrogen) atoms. The molecule has 0 bridgehead atoms. The Kier molecular flexibility index (Phi) is 4.24. The minimum Gasteiger partial charge on any atom is -0.338 e. The van der Waals surface area contributed by atoms with Crippen molar-refractivity contribution in [1.29, 1.82) is 0 Å². The monoisotopic (exact) mass is 370 g/mol. The summed E-state index contributed by atoms with van der Waals surface area (Å²) < 4.78 is 0. The first-order valence-corrected chi connectivity index (χ1v) is 8.80. The zero-order valence-corrected chi connectivity index (χ0v) is 15.1. The van der Waals surface area contributed by atoms with Crippen LogP contribution >= 0.6 is 23.2 Å². The molecule has 3 aromatic rings. The Balaban J connectivity index is 1.69. The van der Waals surface area contributed by atoms with Gasteiger partial charge in [0.15, 0.2) is 0 Å². The second-order valence-corrected chi connectivity index (χ2v) is 6.83. The van der Waals surface area contributed by atoms with E-state index in [0.29, 0.717) is 33.5 Å². The first kappa shape index (κ1) is 16.2. The molecule has 0 radical (unpaired) electrons. The zero-order valence-electron chi connectivity index (χ0n) is 13.6. The van der Waals surface area contributed by atoms with Crippen molar-refractivity contribution in [3.8, 4) is 0 Å². The summed E-state index contributed by atoms with van der Waals surface area (Å²) in [5, 5.41) is 4.30. The highest BCUT2D eigenvalue weighted by Crippen LogP contribution is 2.37. The standard InChI is InChI=1S/C19H16Cl2N4/c1-12-11-13-5-2-3-8-16(13)25(12)19-22-10-9-17(24-19)23-18-14(20)6-4-7-15(18)21/h2-10,12H,11H2,1H3,(H,22,23,24). The number of para-hydroxylation sites is 2. The minimum absolute atomic E-state index is 0.302. The first-order valence-electron chi connectivity index (χ1n) is 8.04. The molecular formula is C19H16Cl2N4. The van der Waals surface area contributed by atoms with Crippen LogP contribution in [0.25, 0.3) is 0 Å². The number of hydrogen-bond acceptors (Lipinski definition) is 4. The SMILES string of the molecule is CC1Cc2ccccc2N1c1nccc(Nc2c(Cl)cccc2Cl)n1. The number of benzene rings is 2. The summed E-state index contributed by atoms with van der Waals surface area (Å²) in [5.74, 6) is 1.31. The van der Waals surface area contributed by atoms with Crippen LogP contribution in [0.4, 0.5) is 23.1 Å². The van der Waals surface area contributed by atoms with Crippen LogP contribution in [-0.4, -0.2) is 16.0 Å². The summed E-state index contributed by atoms with van der Waals surface area (Å²) in [4.78, 5) is 11.3. The molecule has 1 aromatic heterocycles. The van der Waals surface area contributed by atoms with Gasteiger partial charge in [0.2, 0.25) is 5.95 Å². The number of rotatable bonds is 3. The Morgan fingerprint density at radius 3 is 2.60 bits per heavy atom. The summed E-state index contributed by atoms with van der Waals surface area (Å²) in [6, 6.07) is 15.8. The molecule has 126 valence electrons. The lowest BCUT2D eigenvalue weighted by Crippen LogP contribution is -2.25. The average molecular weight is 371 g/mol. The molecule has 0 aliphatic carbocycles. The van der Waals surface area contributed by atoms with Crippen LogP contribution in [0.5, 0.6) is 0 Å². The largest absolute Gasteiger partial charge is 0.338 e. The van der Waals surface area contributed by atoms with E-state index in [1.165, 1.54) is 5.56 Å². The van der Waals surface area contributed by atoms with E-state index >= 15 is 0 Å². The molecule has 1 aliphatic heterocycles. The van der Waals surface area contributed by atoms with E-state index in [-0.39, 0.29) is 0 Å². The van der Waals surface area contributed by atoms with Crippen LogP contribution < -0.4 is 10.2 Å². The van der Waals surface area contributed by atoms with Gasteiger partial charge in [-0.05, 0) is 43.2 Å². The molecule has 0 saturated carbocycles. The van der Waals surface area contributed by atoms with E-state index < -0.39 is 0 Å². The van der Waals surface area contributed by atoms with Crippen LogP contribution in [0.3, 0.4) is 0 Å². The molecule has 1 N–H and O–H groups in total. The number of aromatic nitrogens is 2. The molecule has 4 rings (SSSR count). The van der Waals surface area contributed by atoms with E-state index in [2.05, 4.69) is 45.3 Å². The zero-order chi connectivity index (χ0) is 17.4. The van der Waals surface area contributed by atoms with Crippen molar-refractivity contribution in [2.75, 3.05) is 10.2 Å². The number of fused-ring (bicyclic) bond motifs is 1. The molecule has 0 fully saturated rings. The Morgan fingerprint density at radius 2 is 1.80 bits per heavy atom. The minimum atomic E-state index is 0.302. The van der Waals surface area contributed by atoms with E-state index in [0.717, 1.165) is 12.1 Å². The van der Waals surface area contributed by atoms with E-state index in [1.54, 1.807) is 24.4 Å². The van der Waals surface area contributed by atoms with Gasteiger partial charge in [0.05, 0.1) is 15.7 Å². The summed E-state index contributed by atoms with van der Waals surface area (Å²) in [6.45, 7) is 2.17. The van der Waals surface area contributed by atoms with Gasteiger partial charge >= 0.3 is 0 Å². The molecular weight excluding hydrogens is 355 g/mol. The van der Waals surface area contributed by atoms with Crippen LogP contribution in [0.15, 0.2) is 54.7 Å². The highest BCUT2D eigenvalue weighted by Gasteiger charge is 2.28. The molecule has 2 aromatic carbocycles. The normalized spacial score (nSPS) is 16.0. The quantitative estimate of drug-likeness (QED) is 0.650. The Morgan fingerprint density at radius 1 is 1.04 bits per heavy atom. The van der Waals surface area contributed by atoms with Crippen molar-refractivity contribution >= 4 is 46.3 Å². The molecule has 1 aliphatic rings. The van der Waals surface area contributed by atoms with Gasteiger partial charge in [-0.3, -0.25) is 0 Å². The van der Waals surface area contributed by atoms with Crippen LogP contribution in [0.1, 0.15) is 12.5 Å². The second kappa shape index (κ2) is 6.54. The first-order chi connectivity index (χ1) is 12.1. The predicted molar refractivity (Wildman–Crippen MR) is 104 cm³/mol. The predicted octanol–water partition coefficient (Wildman–Crippen LogP) is 5.61. The number of nitrogens with one attached hydrogen (secondary N) is 1. The number of hydrogen-bond donors (Lipinski definition) is 1. The fourth-order valence-corrected chi connectivity index (χ4v) is 3.64. The lowest BCUT2D eigenvalue weighted by Gasteiger charge is -2.23. The van der Waals surface area contributed by atoms with E-state index in [1.807, 2.05) is 12.1 Å². The van der Waals surface area contributed by atoms with Gasteiger partial charge in [-0.1, -0.05) is 47.5 Å². The Bertz CT molecular complexity index is 909. The number of halogens is 2. The molecule has 1 atom stereocenters. The fraction of sp³-hybridized carbons (Fsp3) is 0.158. The van der Waals surface area contributed by atoms with E-state index in [4.69, 9.17) is 23.2 Å². The van der Waals surface area contributed by atoms with Gasteiger partial charge < -0.3 is 10.2 Å². The second-order valence-electron chi connectivity index (χ2n) is 6.02. The van der Waals surface area contributed by atoms with Crippen molar-refractivity contribution in [2.24, 2.45) is 0 Å². The molecule has 4 nitrogen and oxygen atoms in total. The van der Waals surface area contributed by atoms with Gasteiger partial charge in [-0.15, -0.1) is 0 Å². The topological polar surface area (TPSA) is 41.1 Å². The van der Waals surface area contributed by atoms with Crippen molar-refractivity contribution < 1.29 is 0 Å². The lowest BCUT2D eigenvalue weighted by atomic mass is 10.1. The van der Waals surface area contributed by atoms with Crippen molar-refractivity contribution in [2.45, 2.75) is 19.4 Å². The van der Waals surface area contributed by atoms with Crippen molar-refractivity contribution in [1.82, 2.24) is 9.97 Å². The molecule has 0 saturated heterocycles. The van der Waals surface area contributed by atoms with Gasteiger partial charge in [0.25, 0.3) is 0 Å². The number of anilines is 4. The van der Waals surface area contributed by atoms with Crippen molar-refractivity contribution in [3.63, 3.8) is 0 Å². The third-order valence-corrected chi connectivity index (χ3v) is 4.91. The fourth-order valence-electron chi connectivity index (χ4n) is 3.15. The smallest absolute Gasteiger partial charge is 0.232 e. The van der Waals surface area contributed by atoms with Gasteiger partial charge in [-0.25, -0.2) is 4.98 Å². The molecule has 0 amide bonds. The van der Waals surface area contributed by atoms with Gasteiger partial charge in [0.1, 0.15) is 5.82 Å². The summed E-state index contributed by atoms with van der Waals surface area (Å²) in [7, 11) is 0. The molecule has 2 heterocycles. The molecule has 1 unspecified atom stereocenters. The van der Waals surface area contributed by atoms with Gasteiger partial charge in [0, 0.05) is 17.9 Å². The molecule has 0 spiro atoms. The highest BCUT2D eigenvalue weighted by atomic mass is 35.5. The third kappa shape index (κ3) is 3.03. The number of nitrogens with zero attached hydrogens (tertiary/aromatic N) is 3. The van der Waals surface area contributed by atoms with Crippen molar-refractivity contribution in [3.05, 3.63) is 70.3 Å². The van der Waals surface area contributed by atoms with Crippen LogP contribution in [0.2, 0.25) is 10.0 Å². The Hall–Kier alpha value is -2.30. The maximum absolute atomic E-state index is 6.24. The summed E-state index contributed by atoms with van der Waals surface area (Å²) in [6.07, 6.45) is 2.72. The van der Waals surface area contributed by atoms with Crippen LogP contribution in [-0.2, 0) is 6.42 Å². The van der Waals surface area contributed by atoms with E-state index in [9.17, 15) is 0 Å².